The van der Waals surface area contributed by atoms with Gasteiger partial charge in [0.25, 0.3) is 0 Å². The summed E-state index contributed by atoms with van der Waals surface area (Å²) in [4.78, 5) is 30.2. The summed E-state index contributed by atoms with van der Waals surface area (Å²) in [6.45, 7) is 2.69. The SMILES string of the molecule is CCCCCCCOc1cc2c(Oc3ccc(NC(=O)C4(C(=O)Nc5ccc(F)cc5)CC4)cc3)ccnc2cc1O. The van der Waals surface area contributed by atoms with Crippen LogP contribution in [-0.2, 0) is 9.59 Å². The van der Waals surface area contributed by atoms with Crippen molar-refractivity contribution in [1.82, 2.24) is 4.98 Å². The minimum absolute atomic E-state index is 0.0283. The minimum Gasteiger partial charge on any atom is -0.504 e. The van der Waals surface area contributed by atoms with E-state index in [4.69, 9.17) is 9.47 Å². The number of rotatable bonds is 13. The third-order valence-corrected chi connectivity index (χ3v) is 7.35. The molecule has 0 aliphatic heterocycles. The summed E-state index contributed by atoms with van der Waals surface area (Å²) in [7, 11) is 0. The molecule has 0 saturated heterocycles. The number of nitrogens with zero attached hydrogens (tertiary/aromatic N) is 1. The molecule has 0 spiro atoms. The molecule has 1 saturated carbocycles. The molecule has 42 heavy (non-hydrogen) atoms. The lowest BCUT2D eigenvalue weighted by atomic mass is 10.0. The molecule has 1 heterocycles. The molecule has 1 fully saturated rings. The number of carbonyl (C=O) groups is 2. The molecule has 218 valence electrons. The predicted octanol–water partition coefficient (Wildman–Crippen LogP) is 7.58. The van der Waals surface area contributed by atoms with E-state index in [0.29, 0.717) is 59.0 Å². The van der Waals surface area contributed by atoms with Gasteiger partial charge in [-0.05, 0) is 79.9 Å². The lowest BCUT2D eigenvalue weighted by Crippen LogP contribution is -2.35. The van der Waals surface area contributed by atoms with Crippen LogP contribution in [-0.4, -0.2) is 28.5 Å². The van der Waals surface area contributed by atoms with Crippen molar-refractivity contribution in [3.05, 3.63) is 78.7 Å². The number of aromatic hydroxyl groups is 1. The lowest BCUT2D eigenvalue weighted by molar-refractivity contribution is -0.131. The van der Waals surface area contributed by atoms with Gasteiger partial charge in [0.15, 0.2) is 11.5 Å². The lowest BCUT2D eigenvalue weighted by Gasteiger charge is -2.16. The van der Waals surface area contributed by atoms with Gasteiger partial charge >= 0.3 is 0 Å². The number of carbonyl (C=O) groups excluding carboxylic acids is 2. The molecule has 1 aliphatic rings. The van der Waals surface area contributed by atoms with Gasteiger partial charge < -0.3 is 25.2 Å². The number of unbranched alkanes of at least 4 members (excludes halogenated alkanes) is 4. The zero-order chi connectivity index (χ0) is 29.5. The maximum absolute atomic E-state index is 13.2. The highest BCUT2D eigenvalue weighted by molar-refractivity contribution is 6.16. The highest BCUT2D eigenvalue weighted by atomic mass is 19.1. The summed E-state index contributed by atoms with van der Waals surface area (Å²) in [5.74, 6) is 0.265. The van der Waals surface area contributed by atoms with E-state index in [2.05, 4.69) is 22.5 Å². The van der Waals surface area contributed by atoms with E-state index in [1.807, 2.05) is 0 Å². The van der Waals surface area contributed by atoms with E-state index in [9.17, 15) is 19.1 Å². The van der Waals surface area contributed by atoms with E-state index in [-0.39, 0.29) is 5.75 Å². The van der Waals surface area contributed by atoms with Gasteiger partial charge in [0.05, 0.1) is 12.1 Å². The van der Waals surface area contributed by atoms with Gasteiger partial charge in [-0.3, -0.25) is 14.6 Å². The van der Waals surface area contributed by atoms with Crippen LogP contribution in [0.5, 0.6) is 23.0 Å². The second kappa shape index (κ2) is 12.9. The third-order valence-electron chi connectivity index (χ3n) is 7.35. The summed E-state index contributed by atoms with van der Waals surface area (Å²) in [6, 6.07) is 17.3. The van der Waals surface area contributed by atoms with Gasteiger partial charge in [-0.25, -0.2) is 4.39 Å². The first-order valence-electron chi connectivity index (χ1n) is 14.3. The molecule has 0 atom stereocenters. The first-order valence-corrected chi connectivity index (χ1v) is 14.3. The Bertz CT molecular complexity index is 1550. The molecule has 4 aromatic rings. The number of pyridine rings is 1. The van der Waals surface area contributed by atoms with Crippen LogP contribution in [0.1, 0.15) is 51.9 Å². The molecule has 0 radical (unpaired) electrons. The third kappa shape index (κ3) is 6.79. The quantitative estimate of drug-likeness (QED) is 0.113. The fourth-order valence-electron chi connectivity index (χ4n) is 4.68. The molecule has 1 aromatic heterocycles. The Kier molecular flexibility index (Phi) is 8.85. The van der Waals surface area contributed by atoms with Crippen molar-refractivity contribution in [2.24, 2.45) is 5.41 Å². The maximum atomic E-state index is 13.2. The molecular formula is C33H34FN3O5. The number of hydrogen-bond donors (Lipinski definition) is 3. The van der Waals surface area contributed by atoms with E-state index >= 15 is 0 Å². The Morgan fingerprint density at radius 3 is 2.17 bits per heavy atom. The second-order valence-electron chi connectivity index (χ2n) is 10.5. The van der Waals surface area contributed by atoms with Crippen LogP contribution in [0.4, 0.5) is 15.8 Å². The van der Waals surface area contributed by atoms with Crippen LogP contribution >= 0.6 is 0 Å². The van der Waals surface area contributed by atoms with Gasteiger partial charge in [0.1, 0.15) is 22.7 Å². The highest BCUT2D eigenvalue weighted by Gasteiger charge is 2.56. The molecular weight excluding hydrogens is 537 g/mol. The van der Waals surface area contributed by atoms with Crippen LogP contribution in [0, 0.1) is 11.2 Å². The molecule has 2 amide bonds. The molecule has 9 heteroatoms. The van der Waals surface area contributed by atoms with Gasteiger partial charge in [0.2, 0.25) is 11.8 Å². The summed E-state index contributed by atoms with van der Waals surface area (Å²) >= 11 is 0. The first-order chi connectivity index (χ1) is 20.4. The number of hydrogen-bond acceptors (Lipinski definition) is 6. The topological polar surface area (TPSA) is 110 Å². The van der Waals surface area contributed by atoms with Crippen molar-refractivity contribution in [2.75, 3.05) is 17.2 Å². The Morgan fingerprint density at radius 1 is 0.881 bits per heavy atom. The number of phenolic OH excluding ortho intramolecular Hbond substituents is 1. The number of anilines is 2. The Balaban J connectivity index is 1.21. The van der Waals surface area contributed by atoms with Crippen LogP contribution < -0.4 is 20.1 Å². The van der Waals surface area contributed by atoms with Crippen molar-refractivity contribution in [3.63, 3.8) is 0 Å². The van der Waals surface area contributed by atoms with E-state index < -0.39 is 23.0 Å². The Hall–Kier alpha value is -4.66. The van der Waals surface area contributed by atoms with Crippen molar-refractivity contribution < 1.29 is 28.6 Å². The van der Waals surface area contributed by atoms with Gasteiger partial charge in [-0.2, -0.15) is 0 Å². The number of phenols is 1. The van der Waals surface area contributed by atoms with Crippen molar-refractivity contribution in [1.29, 1.82) is 0 Å². The predicted molar refractivity (Wildman–Crippen MR) is 160 cm³/mol. The maximum Gasteiger partial charge on any atom is 0.240 e. The van der Waals surface area contributed by atoms with E-state index in [1.54, 1.807) is 48.7 Å². The zero-order valence-corrected chi connectivity index (χ0v) is 23.5. The Morgan fingerprint density at radius 2 is 1.52 bits per heavy atom. The van der Waals surface area contributed by atoms with Gasteiger partial charge in [-0.1, -0.05) is 32.6 Å². The fourth-order valence-corrected chi connectivity index (χ4v) is 4.68. The molecule has 0 unspecified atom stereocenters. The molecule has 3 aromatic carbocycles. The van der Waals surface area contributed by atoms with Gasteiger partial charge in [-0.15, -0.1) is 0 Å². The van der Waals surface area contributed by atoms with Crippen LogP contribution in [0.15, 0.2) is 72.9 Å². The van der Waals surface area contributed by atoms with E-state index in [0.717, 1.165) is 12.8 Å². The zero-order valence-electron chi connectivity index (χ0n) is 23.5. The molecule has 8 nitrogen and oxygen atoms in total. The average Bonchev–Trinajstić information content (AvgIpc) is 3.80. The van der Waals surface area contributed by atoms with Crippen LogP contribution in [0.25, 0.3) is 10.9 Å². The summed E-state index contributed by atoms with van der Waals surface area (Å²) in [5.41, 5.74) is 0.368. The fraction of sp³-hybridized carbons (Fsp3) is 0.303. The molecule has 1 aliphatic carbocycles. The second-order valence-corrected chi connectivity index (χ2v) is 10.5. The number of ether oxygens (including phenoxy) is 2. The standard InChI is InChI=1S/C33H34FN3O5/c1-2-3-4-5-6-19-41-30-20-26-27(21-28(30)38)35-18-15-29(26)42-25-13-11-24(12-14-25)37-32(40)33(16-17-33)31(39)36-23-9-7-22(34)8-10-23/h7-15,18,20-21,38H,2-6,16-17,19H2,1H3,(H,36,39)(H,37,40). The first kappa shape index (κ1) is 28.9. The normalized spacial score (nSPS) is 13.4. The largest absolute Gasteiger partial charge is 0.504 e. The molecule has 5 rings (SSSR count). The number of nitrogens with one attached hydrogen (secondary N) is 2. The number of amides is 2. The number of benzene rings is 3. The number of halogens is 1. The Labute approximate surface area is 243 Å². The highest BCUT2D eigenvalue weighted by Crippen LogP contribution is 2.47. The molecule has 0 bridgehead atoms. The van der Waals surface area contributed by atoms with E-state index in [1.165, 1.54) is 43.5 Å². The monoisotopic (exact) mass is 571 g/mol. The van der Waals surface area contributed by atoms with Gasteiger partial charge in [0, 0.05) is 29.0 Å². The number of fused-ring (bicyclic) bond motifs is 1. The van der Waals surface area contributed by atoms with Crippen LogP contribution in [0.2, 0.25) is 0 Å². The van der Waals surface area contributed by atoms with Crippen molar-refractivity contribution >= 4 is 34.1 Å². The summed E-state index contributed by atoms with van der Waals surface area (Å²) in [6.07, 6.45) is 8.02. The van der Waals surface area contributed by atoms with Crippen molar-refractivity contribution in [3.8, 4) is 23.0 Å². The minimum atomic E-state index is -1.15. The smallest absolute Gasteiger partial charge is 0.240 e. The average molecular weight is 572 g/mol. The summed E-state index contributed by atoms with van der Waals surface area (Å²) in [5, 5.41) is 16.6. The van der Waals surface area contributed by atoms with Crippen LogP contribution in [0.3, 0.4) is 0 Å². The summed E-state index contributed by atoms with van der Waals surface area (Å²) < 4.78 is 25.2. The number of aromatic nitrogens is 1. The van der Waals surface area contributed by atoms with Crippen molar-refractivity contribution in [2.45, 2.75) is 51.9 Å². The molecule has 3 N–H and O–H groups in total.